The summed E-state index contributed by atoms with van der Waals surface area (Å²) in [6.07, 6.45) is 0.396. The number of β-lactam (4-membered cyclic amide) rings is 1. The first kappa shape index (κ1) is 27.5. The highest BCUT2D eigenvalue weighted by molar-refractivity contribution is 8.02. The predicted octanol–water partition coefficient (Wildman–Crippen LogP) is 1.42. The summed E-state index contributed by atoms with van der Waals surface area (Å²) >= 11 is 1.41. The van der Waals surface area contributed by atoms with Crippen molar-refractivity contribution in [3.05, 3.63) is 75.8 Å². The molecule has 1 aliphatic carbocycles. The number of nitrogens with one attached hydrogen (secondary N) is 3. The van der Waals surface area contributed by atoms with E-state index >= 15 is 0 Å². The van der Waals surface area contributed by atoms with Gasteiger partial charge in [-0.05, 0) is 30.2 Å². The average molecular weight is 595 g/mol. The van der Waals surface area contributed by atoms with Crippen molar-refractivity contribution in [3.8, 4) is 0 Å². The molecule has 3 N–H and O–H groups in total. The lowest BCUT2D eigenvalue weighted by Gasteiger charge is -2.46. The zero-order valence-corrected chi connectivity index (χ0v) is 23.1. The quantitative estimate of drug-likeness (QED) is 0.176. The number of hydrogen-bond acceptors (Lipinski definition) is 9. The third-order valence-electron chi connectivity index (χ3n) is 8.10. The minimum atomic E-state index is -1.17. The number of ether oxygens (including phenoxy) is 1. The minimum absolute atomic E-state index is 0.0802. The number of urea groups is 2. The fourth-order valence-electron chi connectivity index (χ4n) is 5.73. The van der Waals surface area contributed by atoms with Gasteiger partial charge < -0.3 is 25.6 Å². The first-order valence-corrected chi connectivity index (χ1v) is 14.1. The van der Waals surface area contributed by atoms with Crippen molar-refractivity contribution in [2.24, 2.45) is 0 Å². The first-order valence-electron chi connectivity index (χ1n) is 13.2. The zero-order chi connectivity index (χ0) is 29.8. The van der Waals surface area contributed by atoms with Crippen LogP contribution >= 0.6 is 11.8 Å². The van der Waals surface area contributed by atoms with Crippen LogP contribution in [0, 0.1) is 10.1 Å². The number of nitro benzene ring substituents is 1. The highest BCUT2D eigenvalue weighted by atomic mass is 32.2. The number of carbonyl (C=O) groups excluding carboxylic acids is 5. The van der Waals surface area contributed by atoms with Gasteiger partial charge in [-0.3, -0.25) is 19.7 Å². The fraction of sp³-hybridized carbons (Fsp3) is 0.370. The average Bonchev–Trinajstić information content (AvgIpc) is 3.24. The van der Waals surface area contributed by atoms with Crippen molar-refractivity contribution in [2.45, 2.75) is 47.7 Å². The number of nitro groups is 1. The molecule has 6 rings (SSSR count). The molecule has 3 saturated heterocycles. The molecule has 6 amide bonds. The van der Waals surface area contributed by atoms with Gasteiger partial charge in [0.15, 0.2) is 5.54 Å². The Morgan fingerprint density at radius 3 is 2.52 bits per heavy atom. The van der Waals surface area contributed by atoms with Gasteiger partial charge in [0, 0.05) is 31.6 Å². The van der Waals surface area contributed by atoms with E-state index in [2.05, 4.69) is 16.0 Å². The molecule has 0 aromatic heterocycles. The molecule has 0 radical (unpaired) electrons. The maximum Gasteiger partial charge on any atom is 0.333 e. The molecule has 0 spiro atoms. The fourth-order valence-corrected chi connectivity index (χ4v) is 7.64. The van der Waals surface area contributed by atoms with Gasteiger partial charge in [-0.15, -0.1) is 11.8 Å². The van der Waals surface area contributed by atoms with Crippen molar-refractivity contribution in [3.63, 3.8) is 0 Å². The van der Waals surface area contributed by atoms with E-state index in [1.165, 1.54) is 40.9 Å². The van der Waals surface area contributed by atoms with Crippen molar-refractivity contribution in [1.29, 1.82) is 0 Å². The van der Waals surface area contributed by atoms with E-state index in [4.69, 9.17) is 4.74 Å². The summed E-state index contributed by atoms with van der Waals surface area (Å²) in [6.45, 7) is 2.21. The van der Waals surface area contributed by atoms with Crippen LogP contribution in [-0.2, 0) is 25.7 Å². The molecule has 218 valence electrons. The maximum atomic E-state index is 13.5. The Hall–Kier alpha value is -4.66. The first-order chi connectivity index (χ1) is 20.1. The normalized spacial score (nSPS) is 27.6. The lowest BCUT2D eigenvalue weighted by molar-refractivity contribution is -0.384. The van der Waals surface area contributed by atoms with Crippen molar-refractivity contribution in [2.75, 3.05) is 13.1 Å². The Labute approximate surface area is 243 Å². The van der Waals surface area contributed by atoms with Gasteiger partial charge in [0.2, 0.25) is 11.8 Å². The molecule has 42 heavy (non-hydrogen) atoms. The molecule has 1 unspecified atom stereocenters. The van der Waals surface area contributed by atoms with E-state index < -0.39 is 62.5 Å². The highest BCUT2D eigenvalue weighted by Crippen LogP contribution is 2.72. The number of imide groups is 1. The topological polar surface area (TPSA) is 180 Å². The molecule has 15 heteroatoms. The summed E-state index contributed by atoms with van der Waals surface area (Å²) in [4.78, 5) is 77.6. The van der Waals surface area contributed by atoms with Crippen LogP contribution in [0.3, 0.4) is 0 Å². The predicted molar refractivity (Wildman–Crippen MR) is 147 cm³/mol. The number of nitrogens with zero attached hydrogens (tertiary/aromatic N) is 3. The second kappa shape index (κ2) is 10.0. The standard InChI is InChI=1S/C27H26N6O8S/c1-26-14-27(26,23(36)41-13-15-7-9-17(10-8-15)33(39)40)32-21(35)19(22(32)42-26)29-20(34)18(16-5-3-2-4-6-16)30-25(38)31-12-11-28-24(31)37/h2-10,18-19,22H,11-14H2,1H3,(H,28,37)(H,29,34)(H,30,38)/t18?,19-,22-,26-,27-/m0/s1. The zero-order valence-electron chi connectivity index (χ0n) is 22.3. The Morgan fingerprint density at radius 2 is 1.88 bits per heavy atom. The third-order valence-corrected chi connectivity index (χ3v) is 9.82. The van der Waals surface area contributed by atoms with Crippen LogP contribution in [-0.4, -0.2) is 79.4 Å². The van der Waals surface area contributed by atoms with Crippen LogP contribution in [0.2, 0.25) is 0 Å². The van der Waals surface area contributed by atoms with Gasteiger partial charge in [-0.2, -0.15) is 0 Å². The van der Waals surface area contributed by atoms with Crippen LogP contribution in [0.25, 0.3) is 0 Å². The van der Waals surface area contributed by atoms with Crippen molar-refractivity contribution >= 4 is 47.3 Å². The maximum absolute atomic E-state index is 13.5. The van der Waals surface area contributed by atoms with E-state index in [1.54, 1.807) is 30.3 Å². The summed E-state index contributed by atoms with van der Waals surface area (Å²) in [7, 11) is 0. The molecule has 5 atom stereocenters. The summed E-state index contributed by atoms with van der Waals surface area (Å²) in [5.41, 5.74) is -0.220. The van der Waals surface area contributed by atoms with E-state index in [0.717, 1.165) is 4.90 Å². The molecule has 0 bridgehead atoms. The summed E-state index contributed by atoms with van der Waals surface area (Å²) in [5.74, 6) is -1.64. The number of amides is 6. The molecule has 3 heterocycles. The minimum Gasteiger partial charge on any atom is -0.459 e. The van der Waals surface area contributed by atoms with E-state index in [1.807, 2.05) is 6.92 Å². The van der Waals surface area contributed by atoms with Crippen LogP contribution in [0.15, 0.2) is 54.6 Å². The second-order valence-electron chi connectivity index (χ2n) is 10.6. The number of carbonyl (C=O) groups is 5. The number of hydrogen-bond donors (Lipinski definition) is 3. The van der Waals surface area contributed by atoms with Gasteiger partial charge in [-0.25, -0.2) is 19.3 Å². The van der Waals surface area contributed by atoms with Gasteiger partial charge in [-0.1, -0.05) is 30.3 Å². The van der Waals surface area contributed by atoms with Gasteiger partial charge in [0.05, 0.1) is 9.67 Å². The molecule has 14 nitrogen and oxygen atoms in total. The highest BCUT2D eigenvalue weighted by Gasteiger charge is 2.85. The van der Waals surface area contributed by atoms with E-state index in [-0.39, 0.29) is 18.8 Å². The SMILES string of the molecule is C[C@]12C[C@@]1(C(=O)OCc1ccc([N+](=O)[O-])cc1)N1C(=O)[C@H](NC(=O)C(NC(=O)N3CCNC3=O)c3ccccc3)[C@@H]1S2. The van der Waals surface area contributed by atoms with Crippen LogP contribution in [0.4, 0.5) is 15.3 Å². The Kier molecular flexibility index (Phi) is 6.55. The van der Waals surface area contributed by atoms with Crippen LogP contribution < -0.4 is 16.0 Å². The van der Waals surface area contributed by atoms with Gasteiger partial charge in [0.25, 0.3) is 5.69 Å². The molecule has 3 aliphatic heterocycles. The molecule has 1 saturated carbocycles. The molecule has 2 aromatic carbocycles. The molecular formula is C27H26N6O8S. The van der Waals surface area contributed by atoms with Gasteiger partial charge in [0.1, 0.15) is 24.1 Å². The number of esters is 1. The van der Waals surface area contributed by atoms with Crippen LogP contribution in [0.5, 0.6) is 0 Å². The van der Waals surface area contributed by atoms with Gasteiger partial charge >= 0.3 is 18.0 Å². The monoisotopic (exact) mass is 594 g/mol. The molecule has 4 fully saturated rings. The number of rotatable bonds is 8. The molecule has 4 aliphatic rings. The number of benzene rings is 2. The number of non-ortho nitro benzene ring substituents is 1. The third kappa shape index (κ3) is 4.31. The lowest BCUT2D eigenvalue weighted by Crippen LogP contribution is -2.72. The van der Waals surface area contributed by atoms with Crippen LogP contribution in [0.1, 0.15) is 30.5 Å². The van der Waals surface area contributed by atoms with Crippen molar-refractivity contribution < 1.29 is 33.6 Å². The molecular weight excluding hydrogens is 568 g/mol. The Morgan fingerprint density at radius 1 is 1.17 bits per heavy atom. The number of thioether (sulfide) groups is 1. The summed E-state index contributed by atoms with van der Waals surface area (Å²) in [5, 5.41) is 18.2. The Bertz CT molecular complexity index is 1510. The summed E-state index contributed by atoms with van der Waals surface area (Å²) < 4.78 is 4.95. The summed E-state index contributed by atoms with van der Waals surface area (Å²) in [6, 6.07) is 10.7. The second-order valence-corrected chi connectivity index (χ2v) is 12.3. The van der Waals surface area contributed by atoms with E-state index in [9.17, 15) is 34.1 Å². The smallest absolute Gasteiger partial charge is 0.333 e. The van der Waals surface area contributed by atoms with E-state index in [0.29, 0.717) is 24.1 Å². The Balaban J connectivity index is 1.13. The molecule has 2 aromatic rings. The lowest BCUT2D eigenvalue weighted by atomic mass is 9.99. The largest absolute Gasteiger partial charge is 0.459 e. The number of fused-ring (bicyclic) bond motifs is 3. The van der Waals surface area contributed by atoms with Crippen molar-refractivity contribution in [1.82, 2.24) is 25.8 Å².